The van der Waals surface area contributed by atoms with E-state index in [4.69, 9.17) is 11.6 Å². The number of hydrogen-bond donors (Lipinski definition) is 0. The molecule has 0 aliphatic carbocycles. The normalized spacial score (nSPS) is 10.0. The lowest BCUT2D eigenvalue weighted by atomic mass is 10.2. The Hall–Kier alpha value is -0.140. The third-order valence-electron chi connectivity index (χ3n) is 1.42. The van der Waals surface area contributed by atoms with Crippen molar-refractivity contribution in [3.8, 4) is 0 Å². The van der Waals surface area contributed by atoms with E-state index in [2.05, 4.69) is 19.1 Å². The van der Waals surface area contributed by atoms with Crippen LogP contribution in [0.25, 0.3) is 0 Å². The Bertz CT molecular complexity index is 223. The second-order valence-electron chi connectivity index (χ2n) is 2.17. The number of rotatable bonds is 3. The van der Waals surface area contributed by atoms with E-state index in [-0.39, 0.29) is 0 Å². The molecular weight excluding hydrogens is 176 g/mol. The molecule has 0 fully saturated rings. The van der Waals surface area contributed by atoms with Gasteiger partial charge >= 0.3 is 0 Å². The molecule has 0 bridgehead atoms. The average Bonchev–Trinajstić information content (AvgIpc) is 2.06. The number of alkyl halides is 1. The molecule has 0 heterocycles. The van der Waals surface area contributed by atoms with Crippen LogP contribution in [0.1, 0.15) is 12.5 Å². The Morgan fingerprint density at radius 3 is 2.73 bits per heavy atom. The summed E-state index contributed by atoms with van der Waals surface area (Å²) in [6, 6.07) is 8.27. The summed E-state index contributed by atoms with van der Waals surface area (Å²) in [5, 5.41) is 0. The van der Waals surface area contributed by atoms with Gasteiger partial charge in [-0.15, -0.1) is 23.4 Å². The zero-order chi connectivity index (χ0) is 8.10. The van der Waals surface area contributed by atoms with Crippen LogP contribution in [0.15, 0.2) is 29.2 Å². The summed E-state index contributed by atoms with van der Waals surface area (Å²) in [5.74, 6) is 1.72. The molecule has 0 spiro atoms. The highest BCUT2D eigenvalue weighted by Crippen LogP contribution is 2.23. The van der Waals surface area contributed by atoms with Crippen LogP contribution in [-0.2, 0) is 5.88 Å². The molecule has 0 nitrogen and oxygen atoms in total. The second kappa shape index (κ2) is 4.68. The molecule has 0 aliphatic rings. The summed E-state index contributed by atoms with van der Waals surface area (Å²) in [5.41, 5.74) is 1.24. The smallest absolute Gasteiger partial charge is 0.0485 e. The molecule has 60 valence electrons. The quantitative estimate of drug-likeness (QED) is 0.514. The van der Waals surface area contributed by atoms with Crippen LogP contribution in [0.4, 0.5) is 0 Å². The maximum Gasteiger partial charge on any atom is 0.0485 e. The monoisotopic (exact) mass is 186 g/mol. The third kappa shape index (κ3) is 2.42. The van der Waals surface area contributed by atoms with Gasteiger partial charge in [0.15, 0.2) is 0 Å². The van der Waals surface area contributed by atoms with Crippen LogP contribution in [0.3, 0.4) is 0 Å². The van der Waals surface area contributed by atoms with Gasteiger partial charge in [0.05, 0.1) is 0 Å². The lowest BCUT2D eigenvalue weighted by Gasteiger charge is -2.03. The van der Waals surface area contributed by atoms with Crippen LogP contribution in [0, 0.1) is 0 Å². The van der Waals surface area contributed by atoms with Gasteiger partial charge in [-0.25, -0.2) is 0 Å². The molecule has 0 aromatic heterocycles. The van der Waals surface area contributed by atoms with E-state index in [1.165, 1.54) is 10.5 Å². The van der Waals surface area contributed by atoms with Gasteiger partial charge < -0.3 is 0 Å². The SMILES string of the molecule is CCSc1ccccc1CCl. The Kier molecular flexibility index (Phi) is 3.81. The number of benzene rings is 1. The van der Waals surface area contributed by atoms with E-state index >= 15 is 0 Å². The molecule has 0 saturated heterocycles. The first kappa shape index (κ1) is 8.95. The summed E-state index contributed by atoms with van der Waals surface area (Å²) in [7, 11) is 0. The summed E-state index contributed by atoms with van der Waals surface area (Å²) in [6.07, 6.45) is 0. The first-order chi connectivity index (χ1) is 5.38. The topological polar surface area (TPSA) is 0 Å². The number of halogens is 1. The first-order valence-corrected chi connectivity index (χ1v) is 5.17. The van der Waals surface area contributed by atoms with Gasteiger partial charge in [0, 0.05) is 10.8 Å². The van der Waals surface area contributed by atoms with Crippen LogP contribution in [0.2, 0.25) is 0 Å². The highest BCUT2D eigenvalue weighted by molar-refractivity contribution is 7.99. The van der Waals surface area contributed by atoms with E-state index in [0.29, 0.717) is 5.88 Å². The highest BCUT2D eigenvalue weighted by atomic mass is 35.5. The minimum absolute atomic E-state index is 0.614. The number of thioether (sulfide) groups is 1. The van der Waals surface area contributed by atoms with E-state index in [1.54, 1.807) is 0 Å². The van der Waals surface area contributed by atoms with E-state index in [9.17, 15) is 0 Å². The van der Waals surface area contributed by atoms with Crippen LogP contribution in [0.5, 0.6) is 0 Å². The van der Waals surface area contributed by atoms with Crippen molar-refractivity contribution in [3.05, 3.63) is 29.8 Å². The number of hydrogen-bond acceptors (Lipinski definition) is 1. The van der Waals surface area contributed by atoms with Crippen LogP contribution in [-0.4, -0.2) is 5.75 Å². The van der Waals surface area contributed by atoms with Gasteiger partial charge in [-0.1, -0.05) is 25.1 Å². The van der Waals surface area contributed by atoms with Crippen molar-refractivity contribution in [1.29, 1.82) is 0 Å². The Labute approximate surface area is 77.0 Å². The second-order valence-corrected chi connectivity index (χ2v) is 3.75. The van der Waals surface area contributed by atoms with Gasteiger partial charge in [0.1, 0.15) is 0 Å². The molecule has 1 aromatic rings. The van der Waals surface area contributed by atoms with Gasteiger partial charge in [-0.2, -0.15) is 0 Å². The van der Waals surface area contributed by atoms with Gasteiger partial charge in [0.25, 0.3) is 0 Å². The van der Waals surface area contributed by atoms with Crippen molar-refractivity contribution in [2.24, 2.45) is 0 Å². The molecule has 0 amide bonds. The van der Waals surface area contributed by atoms with Crippen molar-refractivity contribution < 1.29 is 0 Å². The van der Waals surface area contributed by atoms with E-state index in [1.807, 2.05) is 23.9 Å². The standard InChI is InChI=1S/C9H11ClS/c1-2-11-9-6-4-3-5-8(9)7-10/h3-6H,2,7H2,1H3. The van der Waals surface area contributed by atoms with Crippen molar-refractivity contribution in [2.45, 2.75) is 17.7 Å². The van der Waals surface area contributed by atoms with E-state index in [0.717, 1.165) is 5.75 Å². The molecule has 0 atom stereocenters. The highest BCUT2D eigenvalue weighted by Gasteiger charge is 1.97. The first-order valence-electron chi connectivity index (χ1n) is 3.65. The van der Waals surface area contributed by atoms with Crippen LogP contribution >= 0.6 is 23.4 Å². The average molecular weight is 187 g/mol. The molecule has 1 aromatic carbocycles. The Morgan fingerprint density at radius 1 is 1.36 bits per heavy atom. The fourth-order valence-electron chi connectivity index (χ4n) is 0.911. The lowest BCUT2D eigenvalue weighted by molar-refractivity contribution is 1.26. The maximum atomic E-state index is 5.75. The van der Waals surface area contributed by atoms with Crippen LogP contribution < -0.4 is 0 Å². The fourth-order valence-corrected chi connectivity index (χ4v) is 2.03. The van der Waals surface area contributed by atoms with Crippen molar-refractivity contribution in [2.75, 3.05) is 5.75 Å². The van der Waals surface area contributed by atoms with Crippen molar-refractivity contribution >= 4 is 23.4 Å². The molecule has 0 saturated carbocycles. The summed E-state index contributed by atoms with van der Waals surface area (Å²) >= 11 is 7.60. The molecule has 1 rings (SSSR count). The molecule has 0 aliphatic heterocycles. The summed E-state index contributed by atoms with van der Waals surface area (Å²) in [4.78, 5) is 1.31. The molecule has 0 unspecified atom stereocenters. The Balaban J connectivity index is 2.83. The van der Waals surface area contributed by atoms with E-state index < -0.39 is 0 Å². The molecule has 2 heteroatoms. The third-order valence-corrected chi connectivity index (χ3v) is 2.70. The molecular formula is C9H11ClS. The largest absolute Gasteiger partial charge is 0.126 e. The maximum absolute atomic E-state index is 5.75. The van der Waals surface area contributed by atoms with Crippen molar-refractivity contribution in [3.63, 3.8) is 0 Å². The minimum atomic E-state index is 0.614. The summed E-state index contributed by atoms with van der Waals surface area (Å²) < 4.78 is 0. The molecule has 0 N–H and O–H groups in total. The predicted molar refractivity (Wildman–Crippen MR) is 52.4 cm³/mol. The van der Waals surface area contributed by atoms with Gasteiger partial charge in [0.2, 0.25) is 0 Å². The molecule has 0 radical (unpaired) electrons. The fraction of sp³-hybridized carbons (Fsp3) is 0.333. The van der Waals surface area contributed by atoms with Crippen molar-refractivity contribution in [1.82, 2.24) is 0 Å². The zero-order valence-electron chi connectivity index (χ0n) is 6.51. The lowest BCUT2D eigenvalue weighted by Crippen LogP contribution is -1.82. The Morgan fingerprint density at radius 2 is 2.09 bits per heavy atom. The predicted octanol–water partition coefficient (Wildman–Crippen LogP) is 3.54. The zero-order valence-corrected chi connectivity index (χ0v) is 8.08. The summed E-state index contributed by atoms with van der Waals surface area (Å²) in [6.45, 7) is 2.15. The van der Waals surface area contributed by atoms with Gasteiger partial charge in [-0.05, 0) is 17.4 Å². The minimum Gasteiger partial charge on any atom is -0.126 e. The van der Waals surface area contributed by atoms with Gasteiger partial charge in [-0.3, -0.25) is 0 Å². The molecule has 11 heavy (non-hydrogen) atoms.